The molecule has 2 amide bonds. The predicted molar refractivity (Wildman–Crippen MR) is 134 cm³/mol. The number of hydrogen-bond donors (Lipinski definition) is 5. The Bertz CT molecular complexity index is 966. The second-order valence-electron chi connectivity index (χ2n) is 9.71. The fourth-order valence-electron chi connectivity index (χ4n) is 4.04. The molecular weight excluding hydrogens is 447 g/mol. The molecule has 2 aromatic carbocycles. The van der Waals surface area contributed by atoms with Crippen molar-refractivity contribution in [3.05, 3.63) is 71.5 Å². The summed E-state index contributed by atoms with van der Waals surface area (Å²) >= 11 is 0. The molecule has 3 rings (SSSR count). The largest absolute Gasteiger partial charge is 0.390 e. The summed E-state index contributed by atoms with van der Waals surface area (Å²) in [6.07, 6.45) is 1.35. The molecule has 0 unspecified atom stereocenters. The smallest absolute Gasteiger partial charge is 0.239 e. The van der Waals surface area contributed by atoms with Crippen molar-refractivity contribution in [3.8, 4) is 0 Å². The first-order valence-corrected chi connectivity index (χ1v) is 12.3. The summed E-state index contributed by atoms with van der Waals surface area (Å²) in [5.41, 5.74) is 1.45. The lowest BCUT2D eigenvalue weighted by molar-refractivity contribution is -0.126. The van der Waals surface area contributed by atoms with Crippen LogP contribution in [0.4, 0.5) is 4.39 Å². The lowest BCUT2D eigenvalue weighted by Crippen LogP contribution is -2.51. The van der Waals surface area contributed by atoms with Crippen molar-refractivity contribution in [2.45, 2.75) is 50.8 Å². The van der Waals surface area contributed by atoms with Crippen LogP contribution in [0.15, 0.2) is 54.6 Å². The van der Waals surface area contributed by atoms with Crippen molar-refractivity contribution in [1.82, 2.24) is 21.3 Å². The molecule has 0 saturated heterocycles. The molecular formula is C27H37FN4O3. The van der Waals surface area contributed by atoms with Crippen molar-refractivity contribution in [2.75, 3.05) is 26.2 Å². The highest BCUT2D eigenvalue weighted by molar-refractivity contribution is 5.85. The zero-order valence-electron chi connectivity index (χ0n) is 20.5. The SMILES string of the molecule is CC(C)CNC[C@@H](O)[C@H](Cc1ccccc1)NC(=O)CNC(=O)CNC1(c2cccc(F)c2)CC1. The van der Waals surface area contributed by atoms with Gasteiger partial charge >= 0.3 is 0 Å². The minimum Gasteiger partial charge on any atom is -0.390 e. The lowest BCUT2D eigenvalue weighted by atomic mass is 10.0. The molecule has 190 valence electrons. The molecule has 7 nitrogen and oxygen atoms in total. The van der Waals surface area contributed by atoms with E-state index < -0.39 is 12.1 Å². The number of amides is 2. The summed E-state index contributed by atoms with van der Waals surface area (Å²) < 4.78 is 13.6. The summed E-state index contributed by atoms with van der Waals surface area (Å²) in [7, 11) is 0. The van der Waals surface area contributed by atoms with Crippen LogP contribution in [0.5, 0.6) is 0 Å². The summed E-state index contributed by atoms with van der Waals surface area (Å²) in [5.74, 6) is -0.540. The molecule has 2 atom stereocenters. The van der Waals surface area contributed by atoms with Gasteiger partial charge in [0.15, 0.2) is 0 Å². The van der Waals surface area contributed by atoms with E-state index in [0.717, 1.165) is 30.5 Å². The Morgan fingerprint density at radius 1 is 1.00 bits per heavy atom. The maximum absolute atomic E-state index is 13.6. The summed E-state index contributed by atoms with van der Waals surface area (Å²) in [6.45, 7) is 5.13. The highest BCUT2D eigenvalue weighted by atomic mass is 19.1. The molecule has 5 N–H and O–H groups in total. The molecule has 0 aromatic heterocycles. The van der Waals surface area contributed by atoms with Gasteiger partial charge in [0.05, 0.1) is 25.2 Å². The first-order chi connectivity index (χ1) is 16.8. The van der Waals surface area contributed by atoms with Gasteiger partial charge in [-0.15, -0.1) is 0 Å². The molecule has 1 fully saturated rings. The van der Waals surface area contributed by atoms with E-state index in [-0.39, 0.29) is 36.3 Å². The Labute approximate surface area is 206 Å². The van der Waals surface area contributed by atoms with Crippen molar-refractivity contribution < 1.29 is 19.1 Å². The summed E-state index contributed by atoms with van der Waals surface area (Å²) in [5, 5.41) is 22.6. The van der Waals surface area contributed by atoms with Gasteiger partial charge < -0.3 is 21.1 Å². The van der Waals surface area contributed by atoms with E-state index >= 15 is 0 Å². The van der Waals surface area contributed by atoms with Gasteiger partial charge in [-0.3, -0.25) is 14.9 Å². The molecule has 2 aromatic rings. The van der Waals surface area contributed by atoms with Crippen molar-refractivity contribution in [1.29, 1.82) is 0 Å². The van der Waals surface area contributed by atoms with Crippen LogP contribution >= 0.6 is 0 Å². The molecule has 0 heterocycles. The number of benzene rings is 2. The number of hydrogen-bond acceptors (Lipinski definition) is 5. The van der Waals surface area contributed by atoms with Gasteiger partial charge in [0.2, 0.25) is 11.8 Å². The van der Waals surface area contributed by atoms with Crippen LogP contribution in [-0.2, 0) is 21.5 Å². The van der Waals surface area contributed by atoms with Crippen LogP contribution in [0.3, 0.4) is 0 Å². The van der Waals surface area contributed by atoms with E-state index in [1.807, 2.05) is 36.4 Å². The van der Waals surface area contributed by atoms with Gasteiger partial charge in [0, 0.05) is 12.1 Å². The average molecular weight is 485 g/mol. The van der Waals surface area contributed by atoms with E-state index in [4.69, 9.17) is 0 Å². The monoisotopic (exact) mass is 484 g/mol. The molecule has 1 aliphatic rings. The number of rotatable bonds is 14. The summed E-state index contributed by atoms with van der Waals surface area (Å²) in [6, 6.07) is 15.6. The number of carbonyl (C=O) groups is 2. The van der Waals surface area contributed by atoms with Crippen LogP contribution < -0.4 is 21.3 Å². The van der Waals surface area contributed by atoms with Crippen LogP contribution in [-0.4, -0.2) is 55.2 Å². The lowest BCUT2D eigenvalue weighted by Gasteiger charge is -2.25. The fraction of sp³-hybridized carbons (Fsp3) is 0.481. The first kappa shape index (κ1) is 26.8. The van der Waals surface area contributed by atoms with E-state index in [1.165, 1.54) is 12.1 Å². The Morgan fingerprint density at radius 3 is 2.40 bits per heavy atom. The molecule has 1 saturated carbocycles. The Kier molecular flexibility index (Phi) is 9.77. The predicted octanol–water partition coefficient (Wildman–Crippen LogP) is 1.85. The van der Waals surface area contributed by atoms with Crippen LogP contribution in [0.2, 0.25) is 0 Å². The molecule has 0 spiro atoms. The Morgan fingerprint density at radius 2 is 1.74 bits per heavy atom. The summed E-state index contributed by atoms with van der Waals surface area (Å²) in [4.78, 5) is 24.9. The van der Waals surface area contributed by atoms with Crippen LogP contribution in [0, 0.1) is 11.7 Å². The van der Waals surface area contributed by atoms with E-state index in [2.05, 4.69) is 35.1 Å². The molecule has 35 heavy (non-hydrogen) atoms. The average Bonchev–Trinajstić information content (AvgIpc) is 3.63. The number of aliphatic hydroxyl groups excluding tert-OH is 1. The van der Waals surface area contributed by atoms with Gasteiger partial charge in [-0.1, -0.05) is 56.3 Å². The maximum atomic E-state index is 13.6. The van der Waals surface area contributed by atoms with Gasteiger partial charge in [-0.05, 0) is 55.0 Å². The van der Waals surface area contributed by atoms with Gasteiger partial charge in [0.1, 0.15) is 5.82 Å². The van der Waals surface area contributed by atoms with Crippen molar-refractivity contribution in [3.63, 3.8) is 0 Å². The fourth-order valence-corrected chi connectivity index (χ4v) is 4.04. The van der Waals surface area contributed by atoms with Crippen molar-refractivity contribution in [2.24, 2.45) is 5.92 Å². The molecule has 8 heteroatoms. The van der Waals surface area contributed by atoms with E-state index in [1.54, 1.807) is 6.07 Å². The minimum atomic E-state index is -0.781. The third-order valence-electron chi connectivity index (χ3n) is 6.18. The van der Waals surface area contributed by atoms with E-state index in [9.17, 15) is 19.1 Å². The van der Waals surface area contributed by atoms with Gasteiger partial charge in [0.25, 0.3) is 0 Å². The Balaban J connectivity index is 1.47. The number of aliphatic hydroxyl groups is 1. The van der Waals surface area contributed by atoms with Gasteiger partial charge in [-0.25, -0.2) is 4.39 Å². The zero-order chi connectivity index (χ0) is 25.3. The van der Waals surface area contributed by atoms with Crippen LogP contribution in [0.1, 0.15) is 37.8 Å². The highest BCUT2D eigenvalue weighted by Gasteiger charge is 2.44. The standard InChI is InChI=1S/C27H37FN4O3/c1-19(2)15-29-16-24(33)23(13-20-7-4-3-5-8-20)32-26(35)17-30-25(34)18-31-27(11-12-27)21-9-6-10-22(28)14-21/h3-10,14,19,23-24,29,31,33H,11-13,15-18H2,1-2H3,(H,30,34)(H,32,35)/t23-,24+/m0/s1. The molecule has 0 aliphatic heterocycles. The molecule has 0 bridgehead atoms. The third kappa shape index (κ3) is 8.72. The van der Waals surface area contributed by atoms with E-state index in [0.29, 0.717) is 18.9 Å². The highest BCUT2D eigenvalue weighted by Crippen LogP contribution is 2.45. The third-order valence-corrected chi connectivity index (χ3v) is 6.18. The number of halogens is 1. The number of carbonyl (C=O) groups excluding carboxylic acids is 2. The van der Waals surface area contributed by atoms with Crippen molar-refractivity contribution >= 4 is 11.8 Å². The molecule has 0 radical (unpaired) electrons. The Hall–Kier alpha value is -2.81. The quantitative estimate of drug-likeness (QED) is 0.282. The first-order valence-electron chi connectivity index (χ1n) is 12.3. The van der Waals surface area contributed by atoms with Gasteiger partial charge in [-0.2, -0.15) is 0 Å². The normalized spacial score (nSPS) is 15.9. The zero-order valence-corrected chi connectivity index (χ0v) is 20.5. The van der Waals surface area contributed by atoms with Crippen LogP contribution in [0.25, 0.3) is 0 Å². The number of nitrogens with one attached hydrogen (secondary N) is 4. The molecule has 1 aliphatic carbocycles. The second kappa shape index (κ2) is 12.8. The maximum Gasteiger partial charge on any atom is 0.239 e. The second-order valence-corrected chi connectivity index (χ2v) is 9.71. The topological polar surface area (TPSA) is 102 Å². The minimum absolute atomic E-state index is 0.0268.